The topological polar surface area (TPSA) is 191 Å². The molecule has 0 spiro atoms. The molecule has 4 N–H and O–H groups in total. The van der Waals surface area contributed by atoms with E-state index in [0.717, 1.165) is 16.2 Å². The number of carboxylic acid groups (broad SMARTS) is 2. The number of nitrogens with zero attached hydrogens (tertiary/aromatic N) is 4. The summed E-state index contributed by atoms with van der Waals surface area (Å²) in [5.74, 6) is -4.01. The van der Waals surface area contributed by atoms with Crippen molar-refractivity contribution in [3.63, 3.8) is 0 Å². The number of nitrogens with one attached hydrogen (secondary N) is 1. The van der Waals surface area contributed by atoms with Crippen molar-refractivity contribution in [2.45, 2.75) is 37.4 Å². The van der Waals surface area contributed by atoms with Gasteiger partial charge in [-0.05, 0) is 13.8 Å². The van der Waals surface area contributed by atoms with Crippen LogP contribution >= 0.6 is 47.9 Å². The average molecular weight is 620 g/mol. The van der Waals surface area contributed by atoms with Crippen LogP contribution in [-0.4, -0.2) is 67.2 Å². The number of hydrogen-bond acceptors (Lipinski definition) is 11. The predicted octanol–water partition coefficient (Wildman–Crippen LogP) is -0.456. The lowest BCUT2D eigenvalue weighted by Crippen LogP contribution is -2.71. The lowest BCUT2D eigenvalue weighted by Gasteiger charge is -2.50. The molecule has 2 aromatic rings. The van der Waals surface area contributed by atoms with E-state index < -0.39 is 40.8 Å². The lowest BCUT2D eigenvalue weighted by molar-refractivity contribution is -0.689. The fraction of sp³-hybridized carbons (Fsp3) is 0.318. The number of anilines is 1. The van der Waals surface area contributed by atoms with Crippen LogP contribution in [0.4, 0.5) is 5.13 Å². The van der Waals surface area contributed by atoms with Gasteiger partial charge in [0.05, 0.1) is 11.7 Å². The number of amides is 2. The maximum atomic E-state index is 13.1. The molecule has 39 heavy (non-hydrogen) atoms. The van der Waals surface area contributed by atoms with Gasteiger partial charge in [0.1, 0.15) is 17.1 Å². The standard InChI is InChI=1S/C22H22N6O7S2.2ClH/c1-22(2,20(33)34)35-26-13(12-10-37-21(23)24-12)16(29)25-14-17(30)28-15(19(31)32)11(9-36-18(14)28)8-27-6-4-3-5-7-27;;/h3-7,10,14,18H,8-9H2,1-2H3,(H4-,23,24,25,29,31,32,33,34);2*1H/b26-13-;;/t14-,18-;;/m1../s1. The second-order valence-electron chi connectivity index (χ2n) is 8.57. The van der Waals surface area contributed by atoms with Crippen molar-refractivity contribution in [1.82, 2.24) is 15.2 Å². The Labute approximate surface area is 242 Å². The second-order valence-corrected chi connectivity index (χ2v) is 10.6. The van der Waals surface area contributed by atoms with E-state index in [1.54, 1.807) is 29.1 Å². The number of oxime groups is 1. The van der Waals surface area contributed by atoms with Crippen LogP contribution in [-0.2, 0) is 30.6 Å². The van der Waals surface area contributed by atoms with Gasteiger partial charge in [-0.25, -0.2) is 14.3 Å². The third kappa shape index (κ3) is 6.61. The minimum Gasteiger partial charge on any atom is -0.543 e. The van der Waals surface area contributed by atoms with E-state index in [1.807, 2.05) is 6.07 Å². The molecule has 0 unspecified atom stereocenters. The number of thioether (sulfide) groups is 1. The van der Waals surface area contributed by atoms with Crippen molar-refractivity contribution in [2.24, 2.45) is 5.16 Å². The van der Waals surface area contributed by atoms with Crippen LogP contribution in [0.3, 0.4) is 0 Å². The van der Waals surface area contributed by atoms with Crippen LogP contribution in [0.2, 0.25) is 0 Å². The molecule has 0 radical (unpaired) electrons. The van der Waals surface area contributed by atoms with E-state index in [4.69, 9.17) is 10.6 Å². The van der Waals surface area contributed by atoms with E-state index in [9.17, 15) is 29.4 Å². The first-order valence-electron chi connectivity index (χ1n) is 10.8. The summed E-state index contributed by atoms with van der Waals surface area (Å²) in [5, 5.41) is 28.4. The molecule has 210 valence electrons. The van der Waals surface area contributed by atoms with Crippen molar-refractivity contribution < 1.29 is 38.8 Å². The van der Waals surface area contributed by atoms with Crippen molar-refractivity contribution in [3.8, 4) is 0 Å². The number of aliphatic carboxylic acids is 2. The summed E-state index contributed by atoms with van der Waals surface area (Å²) >= 11 is 2.32. The molecule has 2 aliphatic rings. The monoisotopic (exact) mass is 618 g/mol. The Bertz CT molecular complexity index is 1340. The van der Waals surface area contributed by atoms with Gasteiger partial charge >= 0.3 is 5.97 Å². The normalized spacial score (nSPS) is 18.7. The van der Waals surface area contributed by atoms with Gasteiger partial charge in [0.2, 0.25) is 5.60 Å². The molecule has 2 atom stereocenters. The number of aromatic nitrogens is 2. The molecule has 0 aromatic carbocycles. The summed E-state index contributed by atoms with van der Waals surface area (Å²) in [6.45, 7) is 2.74. The summed E-state index contributed by atoms with van der Waals surface area (Å²) in [4.78, 5) is 59.6. The highest BCUT2D eigenvalue weighted by molar-refractivity contribution is 8.00. The summed E-state index contributed by atoms with van der Waals surface area (Å²) in [6, 6.07) is 4.36. The van der Waals surface area contributed by atoms with Gasteiger partial charge in [-0.1, -0.05) is 11.2 Å². The van der Waals surface area contributed by atoms with E-state index >= 15 is 0 Å². The number of hydrogen-bond donors (Lipinski definition) is 3. The fourth-order valence-corrected chi connectivity index (χ4v) is 5.45. The van der Waals surface area contributed by atoms with Crippen molar-refractivity contribution >= 4 is 82.5 Å². The molecular weight excluding hydrogens is 595 g/mol. The Morgan fingerprint density at radius 3 is 2.54 bits per heavy atom. The Morgan fingerprint density at radius 2 is 1.97 bits per heavy atom. The number of pyridine rings is 1. The zero-order valence-electron chi connectivity index (χ0n) is 20.4. The number of carbonyl (C=O) groups is 4. The largest absolute Gasteiger partial charge is 0.543 e. The Hall–Kier alpha value is -3.40. The van der Waals surface area contributed by atoms with Crippen molar-refractivity contribution in [2.75, 3.05) is 11.5 Å². The van der Waals surface area contributed by atoms with Gasteiger partial charge in [0, 0.05) is 28.8 Å². The van der Waals surface area contributed by atoms with Gasteiger partial charge < -0.3 is 30.9 Å². The first kappa shape index (κ1) is 31.8. The number of carboxylic acids is 2. The number of thiazole rings is 1. The molecule has 4 heterocycles. The molecule has 2 aliphatic heterocycles. The maximum Gasteiger partial charge on any atom is 0.350 e. The van der Waals surface area contributed by atoms with E-state index in [0.29, 0.717) is 11.3 Å². The van der Waals surface area contributed by atoms with Crippen LogP contribution in [0.25, 0.3) is 0 Å². The molecule has 17 heteroatoms. The van der Waals surface area contributed by atoms with E-state index in [-0.39, 0.29) is 53.6 Å². The van der Waals surface area contributed by atoms with E-state index in [2.05, 4.69) is 15.5 Å². The molecule has 0 aliphatic carbocycles. The molecule has 2 aromatic heterocycles. The molecule has 1 fully saturated rings. The second kappa shape index (κ2) is 12.6. The number of halogens is 2. The fourth-order valence-electron chi connectivity index (χ4n) is 3.56. The molecule has 0 saturated carbocycles. The first-order valence-corrected chi connectivity index (χ1v) is 12.8. The van der Waals surface area contributed by atoms with Crippen molar-refractivity contribution in [1.29, 1.82) is 0 Å². The summed E-state index contributed by atoms with van der Waals surface area (Å²) < 4.78 is 1.78. The zero-order valence-corrected chi connectivity index (χ0v) is 23.7. The Morgan fingerprint density at radius 1 is 1.31 bits per heavy atom. The highest BCUT2D eigenvalue weighted by atomic mass is 35.5. The Balaban J connectivity index is 0.00000267. The molecule has 0 bridgehead atoms. The molecule has 1 saturated heterocycles. The number of β-lactam (4-membered cyclic amide) rings is 1. The van der Waals surface area contributed by atoms with Gasteiger partial charge in [0.25, 0.3) is 11.8 Å². The van der Waals surface area contributed by atoms with Crippen LogP contribution < -0.4 is 20.7 Å². The molecular formula is C22H24Cl2N6O7S2. The van der Waals surface area contributed by atoms with Crippen molar-refractivity contribution in [3.05, 3.63) is 52.9 Å². The molecule has 2 amide bonds. The number of rotatable bonds is 9. The quantitative estimate of drug-likeness (QED) is 0.143. The summed E-state index contributed by atoms with van der Waals surface area (Å²) in [7, 11) is 0. The third-order valence-electron chi connectivity index (χ3n) is 5.54. The highest BCUT2D eigenvalue weighted by Crippen LogP contribution is 2.40. The van der Waals surface area contributed by atoms with E-state index in [1.165, 1.54) is 31.0 Å². The third-order valence-corrected chi connectivity index (χ3v) is 7.55. The van der Waals surface area contributed by atoms with Crippen LogP contribution in [0, 0.1) is 0 Å². The summed E-state index contributed by atoms with van der Waals surface area (Å²) in [6.07, 6.45) is 3.55. The molecule has 4 rings (SSSR count). The number of carbonyl (C=O) groups excluding carboxylic acids is 3. The SMILES string of the molecule is CC(C)(O/N=C(\C(=O)N[C@@H]1C(=O)N2C(C(=O)[O-])=C(C[n+]3ccccc3)CS[C@H]12)c1csc(N)n1)C(=O)O.Cl.Cl. The summed E-state index contributed by atoms with van der Waals surface area (Å²) in [5.41, 5.74) is 3.83. The van der Waals surface area contributed by atoms with Crippen LogP contribution in [0.15, 0.2) is 52.4 Å². The predicted molar refractivity (Wildman–Crippen MR) is 144 cm³/mol. The minimum atomic E-state index is -1.75. The highest BCUT2D eigenvalue weighted by Gasteiger charge is 2.53. The van der Waals surface area contributed by atoms with Gasteiger partial charge in [-0.2, -0.15) is 0 Å². The van der Waals surface area contributed by atoms with Crippen LogP contribution in [0.5, 0.6) is 0 Å². The number of fused-ring (bicyclic) bond motifs is 1. The lowest BCUT2D eigenvalue weighted by atomic mass is 10.0. The maximum absolute atomic E-state index is 13.1. The first-order chi connectivity index (χ1) is 17.5. The zero-order chi connectivity index (χ0) is 26.9. The smallest absolute Gasteiger partial charge is 0.350 e. The van der Waals surface area contributed by atoms with Gasteiger partial charge in [-0.3, -0.25) is 14.5 Å². The van der Waals surface area contributed by atoms with Gasteiger partial charge in [-0.15, -0.1) is 47.9 Å². The number of nitrogen functional groups attached to an aromatic ring is 1. The Kier molecular flexibility index (Phi) is 10.3. The number of nitrogens with two attached hydrogens (primary N) is 1. The van der Waals surface area contributed by atoms with Gasteiger partial charge in [0.15, 0.2) is 29.8 Å². The van der Waals surface area contributed by atoms with Crippen LogP contribution in [0.1, 0.15) is 19.5 Å². The minimum absolute atomic E-state index is 0. The average Bonchev–Trinajstić information content (AvgIpc) is 3.28. The molecule has 13 nitrogen and oxygen atoms in total.